The Bertz CT molecular complexity index is 4030. The molecule has 18 N–H and O–H groups in total. The fourth-order valence-electron chi connectivity index (χ4n) is 10.4. The summed E-state index contributed by atoms with van der Waals surface area (Å²) in [6.07, 6.45) is -67.5. The van der Waals surface area contributed by atoms with Gasteiger partial charge in [-0.2, -0.15) is 76.8 Å². The molecule has 0 radical (unpaired) electrons. The van der Waals surface area contributed by atoms with Crippen LogP contribution in [0.3, 0.4) is 0 Å². The van der Waals surface area contributed by atoms with Crippen LogP contribution in [0.25, 0.3) is 0 Å². The molecule has 0 bridgehead atoms. The van der Waals surface area contributed by atoms with Gasteiger partial charge in [0.05, 0.1) is 25.9 Å². The van der Waals surface area contributed by atoms with Gasteiger partial charge in [0.1, 0.15) is 110 Å². The summed E-state index contributed by atoms with van der Waals surface area (Å²) in [5.74, 6) is -4.94. The Hall–Kier alpha value is -4.21. The van der Waals surface area contributed by atoms with E-state index in [0.717, 1.165) is 11.8 Å². The number of aliphatic hydroxyl groups is 5. The van der Waals surface area contributed by atoms with E-state index < -0.39 is 287 Å². The van der Waals surface area contributed by atoms with Gasteiger partial charge in [-0.15, -0.1) is 0 Å². The summed E-state index contributed by atoms with van der Waals surface area (Å²) in [5.41, 5.74) is 0.507. The van der Waals surface area contributed by atoms with Gasteiger partial charge in [-0.05, 0) is 12.0 Å². The quantitative estimate of drug-likeness (QED) is 0.0281. The minimum Gasteiger partial charge on any atom is -0.479 e. The Kier molecular flexibility index (Phi) is 29.8. The van der Waals surface area contributed by atoms with E-state index in [-0.39, 0.29) is 6.61 Å². The van der Waals surface area contributed by atoms with Crippen molar-refractivity contribution in [2.45, 2.75) is 166 Å². The minimum absolute atomic E-state index is 0.288. The lowest BCUT2D eigenvalue weighted by Crippen LogP contribution is -2.71. The maximum Gasteiger partial charge on any atom is 0.407 e. The van der Waals surface area contributed by atoms with Crippen molar-refractivity contribution >= 4 is 101 Å². The van der Waals surface area contributed by atoms with Crippen molar-refractivity contribution < 1.29 is 231 Å². The Morgan fingerprint density at radius 1 is 0.417 bits per heavy atom. The number of alkyl carbamates (subject to hydrolysis) is 1. The number of ether oxygens (including phenoxy) is 11. The SMILES string of the molecule is CO[C@@H]1[C@@H](OS(=O)(=O)O)[C@H](O[C@@H]2O[C@@H](C(=O)O)[C@@H](O[C@H]3O[C@H](COS(=O)(=O)O)[C@@H](O[C@@H]4O[C@H](C(=O)O)[C@@H](O[C@H]5O[C@H](COS(=O)(=O)O)[C@@H](O)[C@H](O)[C@H]5NS(=O)(=O)O)[C@H](O)[C@H]4O)[C@H](OS(=O)(=O)O)[C@H]3NS(=O)(=O)O)[C@H](O)[C@H]2OS(=O)(=O)O)[C@@H](COS(=O)(=O)O)O[C@@H]1CCNC(=O)OCc1ccccc1. The van der Waals surface area contributed by atoms with Gasteiger partial charge in [-0.1, -0.05) is 30.3 Å². The molecule has 5 fully saturated rings. The lowest BCUT2D eigenvalue weighted by molar-refractivity contribution is -0.372. The third kappa shape index (κ3) is 26.6. The van der Waals surface area contributed by atoms with Crippen LogP contribution in [-0.2, 0) is 176 Å². The Morgan fingerprint density at radius 3 is 1.32 bits per heavy atom. The summed E-state index contributed by atoms with van der Waals surface area (Å²) >= 11 is 0. The molecule has 103 heavy (non-hydrogen) atoms. The van der Waals surface area contributed by atoms with Gasteiger partial charge in [0.2, 0.25) is 0 Å². The standard InChI is InChI=1S/C41H63N3O51S8/c1-79-25-14(7-8-42-41(54)80-9-13-5-3-2-4-6-13)84-16(11-82-99(64,65)66)27(32(25)95-103(76,77)78)88-40-31(94-102(73,74)75)24(49)30(34(92-40)36(52)53)90-38-19(44-97(58,59)60)28(93-101(70,71)72)26(17(86-38)12-83-100(67,68)69)87-39-23(48)22(47)29(33(91-39)35(50)51)89-37-18(43-96(55,56)57)21(46)20(45)15(85-37)10-81-98(61,62)63/h2-6,14-34,37-40,43-49H,7-12H2,1H3,(H,42,54)(H,50,51)(H,52,53)(H,55,56,57)(H,58,59,60)(H,61,62,63)(H,64,65,66)(H,67,68,69)(H,70,71,72)(H,73,74,75)(H,76,77,78)/t14-,15-,16-,17-,18-,19-,20-,21-,22-,23-,24+,25+,26-,27-,28-,29+,30+,31-,32-,33+,34-,37-,38-,39-,40-/m1/s1. The fraction of sp³-hybridized carbons (Fsp3) is 0.780. The number of aliphatic hydroxyl groups excluding tert-OH is 5. The van der Waals surface area contributed by atoms with Crippen LogP contribution in [0.5, 0.6) is 0 Å². The summed E-state index contributed by atoms with van der Waals surface area (Å²) in [7, 11) is -46.6. The predicted molar refractivity (Wildman–Crippen MR) is 307 cm³/mol. The largest absolute Gasteiger partial charge is 0.479 e. The van der Waals surface area contributed by atoms with Crippen molar-refractivity contribution in [3.63, 3.8) is 0 Å². The fourth-order valence-corrected chi connectivity index (χ4v) is 14.0. The number of carboxylic acid groups (broad SMARTS) is 2. The summed E-state index contributed by atoms with van der Waals surface area (Å²) in [5, 5.41) is 79.6. The number of carboxylic acids is 2. The monoisotopic (exact) mass is 1670 g/mol. The first-order valence-electron chi connectivity index (χ1n) is 27.7. The van der Waals surface area contributed by atoms with Crippen molar-refractivity contribution in [2.24, 2.45) is 0 Å². The van der Waals surface area contributed by atoms with Crippen molar-refractivity contribution in [3.05, 3.63) is 35.9 Å². The van der Waals surface area contributed by atoms with Crippen molar-refractivity contribution in [3.8, 4) is 0 Å². The number of nitrogens with one attached hydrogen (secondary N) is 3. The number of rotatable bonds is 35. The smallest absolute Gasteiger partial charge is 0.407 e. The van der Waals surface area contributed by atoms with Gasteiger partial charge < -0.3 is 93.2 Å². The number of benzene rings is 1. The molecule has 25 atom stereocenters. The number of hydrogen-bond acceptors (Lipinski definition) is 41. The molecule has 0 saturated carbocycles. The molecule has 6 rings (SSSR count). The van der Waals surface area contributed by atoms with E-state index in [1.807, 2.05) is 0 Å². The van der Waals surface area contributed by atoms with Crippen molar-refractivity contribution in [2.75, 3.05) is 33.5 Å². The molecular weight excluding hydrogens is 1610 g/mol. The zero-order valence-corrected chi connectivity index (χ0v) is 57.3. The first kappa shape index (κ1) is 87.7. The first-order valence-corrected chi connectivity index (χ1v) is 38.7. The number of amides is 1. The molecule has 1 aromatic carbocycles. The zero-order chi connectivity index (χ0) is 77.7. The van der Waals surface area contributed by atoms with E-state index in [9.17, 15) is 149 Å². The number of carbonyl (C=O) groups excluding carboxylic acids is 1. The average molecular weight is 1670 g/mol. The second kappa shape index (κ2) is 35.0. The van der Waals surface area contributed by atoms with Crippen LogP contribution in [0.1, 0.15) is 12.0 Å². The summed E-state index contributed by atoms with van der Waals surface area (Å²) in [6, 6.07) is 2.14. The highest BCUT2D eigenvalue weighted by Crippen LogP contribution is 2.40. The van der Waals surface area contributed by atoms with E-state index in [1.165, 1.54) is 4.72 Å². The minimum atomic E-state index is -6.39. The number of carbonyl (C=O) groups is 3. The van der Waals surface area contributed by atoms with Crippen LogP contribution in [-0.4, -0.2) is 344 Å². The Balaban J connectivity index is 1.39. The highest BCUT2D eigenvalue weighted by atomic mass is 32.3. The van der Waals surface area contributed by atoms with E-state index >= 15 is 0 Å². The molecule has 54 nitrogen and oxygen atoms in total. The van der Waals surface area contributed by atoms with Gasteiger partial charge in [0, 0.05) is 13.7 Å². The maximum atomic E-state index is 13.3. The highest BCUT2D eigenvalue weighted by molar-refractivity contribution is 7.84. The van der Waals surface area contributed by atoms with Crippen LogP contribution < -0.4 is 14.8 Å². The van der Waals surface area contributed by atoms with Gasteiger partial charge in [0.25, 0.3) is 0 Å². The summed E-state index contributed by atoms with van der Waals surface area (Å²) in [6.45, 7) is -5.97. The summed E-state index contributed by atoms with van der Waals surface area (Å²) < 4.78 is 362. The molecule has 5 saturated heterocycles. The molecule has 0 aromatic heterocycles. The van der Waals surface area contributed by atoms with E-state index in [0.29, 0.717) is 5.56 Å². The van der Waals surface area contributed by atoms with E-state index in [4.69, 9.17) is 60.8 Å². The molecule has 0 spiro atoms. The number of methoxy groups -OCH3 is 1. The lowest BCUT2D eigenvalue weighted by atomic mass is 9.92. The van der Waals surface area contributed by atoms with E-state index in [2.05, 4.69) is 26.2 Å². The molecule has 0 unspecified atom stereocenters. The molecule has 5 aliphatic heterocycles. The molecule has 62 heteroatoms. The molecule has 0 aliphatic carbocycles. The normalized spacial score (nSPS) is 35.4. The highest BCUT2D eigenvalue weighted by Gasteiger charge is 2.62. The molecule has 1 amide bonds. The molecule has 1 aromatic rings. The van der Waals surface area contributed by atoms with Crippen molar-refractivity contribution in [1.29, 1.82) is 0 Å². The molecule has 5 aliphatic rings. The Morgan fingerprint density at radius 2 is 0.835 bits per heavy atom. The number of aliphatic carboxylic acids is 2. The number of hydrogen-bond donors (Lipinski definition) is 18. The Labute approximate surface area is 579 Å². The molecular formula is C41H63N3O51S8. The predicted octanol–water partition coefficient (Wildman–Crippen LogP) is -11.0. The molecule has 596 valence electrons. The second-order valence-corrected chi connectivity index (χ2v) is 30.3. The van der Waals surface area contributed by atoms with Crippen LogP contribution in [0, 0.1) is 0 Å². The van der Waals surface area contributed by atoms with Gasteiger partial charge in [-0.3, -0.25) is 36.4 Å². The third-order valence-electron chi connectivity index (χ3n) is 14.4. The summed E-state index contributed by atoms with van der Waals surface area (Å²) in [4.78, 5) is 38.8. The van der Waals surface area contributed by atoms with Crippen molar-refractivity contribution in [1.82, 2.24) is 14.8 Å². The van der Waals surface area contributed by atoms with Gasteiger partial charge in [-0.25, -0.2) is 39.5 Å². The van der Waals surface area contributed by atoms with Crippen LogP contribution >= 0.6 is 0 Å². The zero-order valence-electron chi connectivity index (χ0n) is 50.7. The first-order chi connectivity index (χ1) is 47.1. The van der Waals surface area contributed by atoms with Gasteiger partial charge >= 0.3 is 101 Å². The average Bonchev–Trinajstić information content (AvgIpc) is 0.760. The maximum absolute atomic E-state index is 13.3. The van der Waals surface area contributed by atoms with E-state index in [1.54, 1.807) is 30.3 Å². The topological polar surface area (TPSA) is 821 Å². The molecule has 5 heterocycles. The van der Waals surface area contributed by atoms with Crippen LogP contribution in [0.15, 0.2) is 30.3 Å². The lowest BCUT2D eigenvalue weighted by Gasteiger charge is -2.50. The van der Waals surface area contributed by atoms with Crippen LogP contribution in [0.2, 0.25) is 0 Å². The van der Waals surface area contributed by atoms with Gasteiger partial charge in [0.15, 0.2) is 43.5 Å². The third-order valence-corrected chi connectivity index (χ3v) is 18.2. The van der Waals surface area contributed by atoms with Crippen LogP contribution in [0.4, 0.5) is 4.79 Å². The second-order valence-electron chi connectivity index (χ2n) is 21.5.